The summed E-state index contributed by atoms with van der Waals surface area (Å²) in [5.41, 5.74) is 1.58. The van der Waals surface area contributed by atoms with E-state index in [0.29, 0.717) is 0 Å². The molecule has 3 nitrogen and oxygen atoms in total. The van der Waals surface area contributed by atoms with Gasteiger partial charge in [-0.3, -0.25) is 4.79 Å². The number of carbonyl (C=O) groups is 1. The fraction of sp³-hybridized carbons (Fsp3) is 0.381. The van der Waals surface area contributed by atoms with E-state index in [4.69, 9.17) is 4.74 Å². The van der Waals surface area contributed by atoms with Crippen LogP contribution in [0.25, 0.3) is 0 Å². The molecule has 0 spiro atoms. The van der Waals surface area contributed by atoms with Crippen molar-refractivity contribution in [3.63, 3.8) is 0 Å². The minimum atomic E-state index is -0.293. The van der Waals surface area contributed by atoms with E-state index in [1.165, 1.54) is 12.1 Å². The molecule has 3 rings (SSSR count). The zero-order chi connectivity index (χ0) is 17.9. The molecular formula is C21H24FNO2. The van der Waals surface area contributed by atoms with Crippen LogP contribution in [0.3, 0.4) is 0 Å². The molecule has 0 fully saturated rings. The van der Waals surface area contributed by atoms with Crippen LogP contribution in [0.2, 0.25) is 0 Å². The summed E-state index contributed by atoms with van der Waals surface area (Å²) in [6.45, 7) is 4.24. The summed E-state index contributed by atoms with van der Waals surface area (Å²) in [7, 11) is 0. The highest BCUT2D eigenvalue weighted by atomic mass is 19.1. The van der Waals surface area contributed by atoms with Gasteiger partial charge < -0.3 is 10.1 Å². The number of nitrogens with one attached hydrogen (secondary N) is 1. The molecule has 0 radical (unpaired) electrons. The standard InChI is InChI=1S/C21H24FNO2/c1-3-21(4-2)14-18(17-7-5-6-8-19(17)25-21)23-20(24)13-15-9-11-16(22)12-10-15/h5-12,18H,3-4,13-14H2,1-2H3,(H,23,24)/t18-/m0/s1. The molecule has 0 bridgehead atoms. The van der Waals surface area contributed by atoms with Crippen molar-refractivity contribution in [3.05, 3.63) is 65.5 Å². The molecule has 1 atom stereocenters. The lowest BCUT2D eigenvalue weighted by molar-refractivity contribution is -0.121. The molecule has 1 N–H and O–H groups in total. The second kappa shape index (κ2) is 7.26. The highest BCUT2D eigenvalue weighted by Gasteiger charge is 2.38. The largest absolute Gasteiger partial charge is 0.487 e. The Hall–Kier alpha value is -2.36. The second-order valence-corrected chi connectivity index (χ2v) is 6.66. The number of halogens is 1. The average Bonchev–Trinajstić information content (AvgIpc) is 2.63. The van der Waals surface area contributed by atoms with E-state index < -0.39 is 0 Å². The zero-order valence-electron chi connectivity index (χ0n) is 14.7. The maximum Gasteiger partial charge on any atom is 0.224 e. The van der Waals surface area contributed by atoms with Crippen molar-refractivity contribution >= 4 is 5.91 Å². The van der Waals surface area contributed by atoms with E-state index in [2.05, 4.69) is 19.2 Å². The summed E-state index contributed by atoms with van der Waals surface area (Å²) in [6.07, 6.45) is 2.78. The third-order valence-corrected chi connectivity index (χ3v) is 5.10. The van der Waals surface area contributed by atoms with Gasteiger partial charge in [0.05, 0.1) is 12.5 Å². The van der Waals surface area contributed by atoms with Crippen LogP contribution in [0.1, 0.15) is 50.3 Å². The van der Waals surface area contributed by atoms with Crippen LogP contribution in [0.15, 0.2) is 48.5 Å². The predicted octanol–water partition coefficient (Wildman–Crippen LogP) is 4.57. The number of fused-ring (bicyclic) bond motifs is 1. The van der Waals surface area contributed by atoms with E-state index in [-0.39, 0.29) is 29.8 Å². The van der Waals surface area contributed by atoms with Crippen molar-refractivity contribution in [1.29, 1.82) is 0 Å². The Morgan fingerprint density at radius 2 is 1.84 bits per heavy atom. The van der Waals surface area contributed by atoms with Gasteiger partial charge in [-0.2, -0.15) is 0 Å². The predicted molar refractivity (Wildman–Crippen MR) is 96.0 cm³/mol. The van der Waals surface area contributed by atoms with Crippen LogP contribution in [0, 0.1) is 5.82 Å². The van der Waals surface area contributed by atoms with Crippen molar-refractivity contribution in [3.8, 4) is 5.75 Å². The van der Waals surface area contributed by atoms with Gasteiger partial charge in [0, 0.05) is 12.0 Å². The van der Waals surface area contributed by atoms with Crippen LogP contribution in [-0.4, -0.2) is 11.5 Å². The van der Waals surface area contributed by atoms with Gasteiger partial charge in [-0.1, -0.05) is 44.2 Å². The number of rotatable bonds is 5. The van der Waals surface area contributed by atoms with Gasteiger partial charge in [-0.05, 0) is 36.6 Å². The van der Waals surface area contributed by atoms with E-state index in [1.54, 1.807) is 12.1 Å². The molecule has 4 heteroatoms. The van der Waals surface area contributed by atoms with Crippen LogP contribution >= 0.6 is 0 Å². The summed E-state index contributed by atoms with van der Waals surface area (Å²) >= 11 is 0. The lowest BCUT2D eigenvalue weighted by atomic mass is 9.83. The third-order valence-electron chi connectivity index (χ3n) is 5.10. The van der Waals surface area contributed by atoms with Crippen LogP contribution in [0.4, 0.5) is 4.39 Å². The number of hydrogen-bond donors (Lipinski definition) is 1. The first-order valence-electron chi connectivity index (χ1n) is 8.87. The Morgan fingerprint density at radius 1 is 1.16 bits per heavy atom. The van der Waals surface area contributed by atoms with Gasteiger partial charge in [-0.25, -0.2) is 4.39 Å². The monoisotopic (exact) mass is 341 g/mol. The van der Waals surface area contributed by atoms with Crippen LogP contribution in [0.5, 0.6) is 5.75 Å². The lowest BCUT2D eigenvalue weighted by Crippen LogP contribution is -2.44. The highest BCUT2D eigenvalue weighted by molar-refractivity contribution is 5.79. The Bertz CT molecular complexity index is 738. The van der Waals surface area contributed by atoms with Crippen molar-refractivity contribution in [1.82, 2.24) is 5.32 Å². The highest BCUT2D eigenvalue weighted by Crippen LogP contribution is 2.42. The minimum absolute atomic E-state index is 0.0607. The molecule has 132 valence electrons. The molecule has 1 amide bonds. The van der Waals surface area contributed by atoms with Gasteiger partial charge in [-0.15, -0.1) is 0 Å². The third kappa shape index (κ3) is 3.84. The fourth-order valence-electron chi connectivity index (χ4n) is 3.46. The molecule has 2 aromatic rings. The molecule has 0 aromatic heterocycles. The molecule has 0 unspecified atom stereocenters. The number of benzene rings is 2. The van der Waals surface area contributed by atoms with Gasteiger partial charge in [0.25, 0.3) is 0 Å². The zero-order valence-corrected chi connectivity index (χ0v) is 14.7. The van der Waals surface area contributed by atoms with Crippen molar-refractivity contribution in [2.75, 3.05) is 0 Å². The van der Waals surface area contributed by atoms with Gasteiger partial charge >= 0.3 is 0 Å². The SMILES string of the molecule is CCC1(CC)C[C@H](NC(=O)Cc2ccc(F)cc2)c2ccccc2O1. The number of ether oxygens (including phenoxy) is 1. The molecular weight excluding hydrogens is 317 g/mol. The van der Waals surface area contributed by atoms with Gasteiger partial charge in [0.1, 0.15) is 17.2 Å². The molecule has 1 heterocycles. The molecule has 1 aliphatic heterocycles. The van der Waals surface area contributed by atoms with Crippen molar-refractivity contribution in [2.45, 2.75) is 51.2 Å². The Labute approximate surface area is 148 Å². The summed E-state index contributed by atoms with van der Waals surface area (Å²) in [5.74, 6) is 0.497. The van der Waals surface area contributed by atoms with E-state index >= 15 is 0 Å². The van der Waals surface area contributed by atoms with E-state index in [1.807, 2.05) is 24.3 Å². The molecule has 0 aliphatic carbocycles. The molecule has 1 aliphatic rings. The van der Waals surface area contributed by atoms with Gasteiger partial charge in [0.15, 0.2) is 0 Å². The molecule has 25 heavy (non-hydrogen) atoms. The summed E-state index contributed by atoms with van der Waals surface area (Å²) < 4.78 is 19.3. The van der Waals surface area contributed by atoms with Gasteiger partial charge in [0.2, 0.25) is 5.91 Å². The minimum Gasteiger partial charge on any atom is -0.487 e. The first-order chi connectivity index (χ1) is 12.0. The first-order valence-corrected chi connectivity index (χ1v) is 8.87. The first kappa shape index (κ1) is 17.5. The van der Waals surface area contributed by atoms with Crippen LogP contribution < -0.4 is 10.1 Å². The fourth-order valence-corrected chi connectivity index (χ4v) is 3.46. The quantitative estimate of drug-likeness (QED) is 0.865. The number of carbonyl (C=O) groups excluding carboxylic acids is 1. The average molecular weight is 341 g/mol. The van der Waals surface area contributed by atoms with E-state index in [9.17, 15) is 9.18 Å². The molecule has 0 saturated carbocycles. The molecule has 2 aromatic carbocycles. The summed E-state index contributed by atoms with van der Waals surface area (Å²) in [5, 5.41) is 3.15. The number of amides is 1. The van der Waals surface area contributed by atoms with E-state index in [0.717, 1.165) is 36.1 Å². The summed E-state index contributed by atoms with van der Waals surface area (Å²) in [6, 6.07) is 13.9. The topological polar surface area (TPSA) is 38.3 Å². The molecule has 0 saturated heterocycles. The second-order valence-electron chi connectivity index (χ2n) is 6.66. The Morgan fingerprint density at radius 3 is 2.52 bits per heavy atom. The van der Waals surface area contributed by atoms with Crippen molar-refractivity contribution in [2.24, 2.45) is 0 Å². The Kier molecular flexibility index (Phi) is 5.07. The maximum absolute atomic E-state index is 13.0. The van der Waals surface area contributed by atoms with Crippen molar-refractivity contribution < 1.29 is 13.9 Å². The summed E-state index contributed by atoms with van der Waals surface area (Å²) in [4.78, 5) is 12.5. The lowest BCUT2D eigenvalue weighted by Gasteiger charge is -2.41. The Balaban J connectivity index is 1.78. The normalized spacial score (nSPS) is 18.1. The smallest absolute Gasteiger partial charge is 0.224 e. The van der Waals surface area contributed by atoms with Crippen LogP contribution in [-0.2, 0) is 11.2 Å². The number of hydrogen-bond acceptors (Lipinski definition) is 2. The maximum atomic E-state index is 13.0. The number of para-hydroxylation sites is 1.